The van der Waals surface area contributed by atoms with Crippen LogP contribution in [0, 0.1) is 17.8 Å². The van der Waals surface area contributed by atoms with Gasteiger partial charge in [0, 0.05) is 31.5 Å². The molecule has 7 rings (SSSR count). The average molecular weight is 910 g/mol. The lowest BCUT2D eigenvalue weighted by atomic mass is 9.88. The fourth-order valence-electron chi connectivity index (χ4n) is 8.70. The Hall–Kier alpha value is -4.95. The van der Waals surface area contributed by atoms with Crippen LogP contribution >= 0.6 is 0 Å². The highest BCUT2D eigenvalue weighted by molar-refractivity contribution is 7.91. The van der Waals surface area contributed by atoms with Crippen molar-refractivity contribution in [2.45, 2.75) is 126 Å². The van der Waals surface area contributed by atoms with Gasteiger partial charge in [-0.25, -0.2) is 22.6 Å². The number of fused-ring (bicyclic) bond motifs is 3. The summed E-state index contributed by atoms with van der Waals surface area (Å²) in [6, 6.07) is 2.25. The SMILES string of the molecule is COc1ccc2c(O[C@@H]3C[C@H]4C(=O)N[C@]5(C(=O)NS(=O)(=O)C6(CF)CC6)C[C@H]5/C=C\CC[C@H](C)C[C@@H](C)[C@H](NC(=O)OC(C)(C)C(F)(F)F)C(=O)N4C3)nc(N3CCCC3)nc2c1. The largest absolute Gasteiger partial charge is 0.497 e. The molecule has 346 valence electrons. The number of nitrogens with one attached hydrogen (secondary N) is 3. The van der Waals surface area contributed by atoms with Crippen molar-refractivity contribution >= 4 is 50.7 Å². The molecule has 1 aromatic heterocycles. The number of ether oxygens (including phenoxy) is 3. The Balaban J connectivity index is 1.25. The van der Waals surface area contributed by atoms with Crippen molar-refractivity contribution in [3.05, 3.63) is 30.4 Å². The molecule has 5 aliphatic rings. The maximum atomic E-state index is 14.9. The Morgan fingerprint density at radius 2 is 1.78 bits per heavy atom. The third kappa shape index (κ3) is 9.34. The molecule has 16 nitrogen and oxygen atoms in total. The molecule has 4 heterocycles. The fraction of sp³-hybridized carbons (Fsp3) is 0.667. The standard InChI is InChI=1S/C42H55F4N7O9S/c1-24-10-6-7-11-26-21-41(26,36(56)51-63(58,59)40(23-43)14-15-40)50-33(54)31-20-28(22-53(31)35(55)32(25(2)18-24)48-38(57)62-39(3,4)42(44,45)46)61-34-29-13-12-27(60-5)19-30(29)47-37(49-34)52-16-8-9-17-52/h7,11-13,19,24-26,28,31-32H,6,8-10,14-18,20-23H2,1-5H3,(H,48,57)(H,50,54)(H,51,56)/b11-7-/t24-,25+,26+,28+,31-,32-,41+/m0/s1. The van der Waals surface area contributed by atoms with Crippen LogP contribution in [0.2, 0.25) is 0 Å². The van der Waals surface area contributed by atoms with Crippen LogP contribution in [0.5, 0.6) is 11.6 Å². The number of anilines is 1. The number of carbonyl (C=O) groups is 4. The minimum atomic E-state index is -4.94. The number of alkyl halides is 4. The summed E-state index contributed by atoms with van der Waals surface area (Å²) in [5.74, 6) is -3.06. The molecule has 4 fully saturated rings. The van der Waals surface area contributed by atoms with Gasteiger partial charge >= 0.3 is 12.3 Å². The van der Waals surface area contributed by atoms with Gasteiger partial charge in [-0.2, -0.15) is 18.2 Å². The van der Waals surface area contributed by atoms with Gasteiger partial charge in [-0.05, 0) is 89.2 Å². The number of methoxy groups -OCH3 is 1. The van der Waals surface area contributed by atoms with Gasteiger partial charge < -0.3 is 34.6 Å². The summed E-state index contributed by atoms with van der Waals surface area (Å²) in [6.45, 7) is 4.90. The number of carbonyl (C=O) groups excluding carboxylic acids is 4. The number of halogens is 4. The monoisotopic (exact) mass is 909 g/mol. The van der Waals surface area contributed by atoms with Crippen LogP contribution in [-0.2, 0) is 29.1 Å². The van der Waals surface area contributed by atoms with Crippen molar-refractivity contribution in [2.75, 3.05) is 38.3 Å². The first-order valence-corrected chi connectivity index (χ1v) is 22.9. The minimum Gasteiger partial charge on any atom is -0.497 e. The summed E-state index contributed by atoms with van der Waals surface area (Å²) in [5, 5.41) is 5.63. The van der Waals surface area contributed by atoms with E-state index in [1.807, 2.05) is 22.6 Å². The molecular formula is C42H55F4N7O9S. The van der Waals surface area contributed by atoms with Crippen molar-refractivity contribution in [3.8, 4) is 11.6 Å². The normalized spacial score (nSPS) is 29.3. The summed E-state index contributed by atoms with van der Waals surface area (Å²) >= 11 is 0. The lowest BCUT2D eigenvalue weighted by Crippen LogP contribution is -2.60. The highest BCUT2D eigenvalue weighted by Gasteiger charge is 2.64. The number of aromatic nitrogens is 2. The van der Waals surface area contributed by atoms with Gasteiger partial charge in [0.2, 0.25) is 39.3 Å². The molecule has 7 atom stereocenters. The number of hydrogen-bond donors (Lipinski definition) is 3. The molecule has 21 heteroatoms. The number of benzene rings is 1. The zero-order chi connectivity index (χ0) is 45.7. The number of amides is 4. The van der Waals surface area contributed by atoms with Gasteiger partial charge in [0.1, 0.15) is 40.9 Å². The first kappa shape index (κ1) is 46.1. The van der Waals surface area contributed by atoms with Crippen LogP contribution in [0.4, 0.5) is 28.3 Å². The van der Waals surface area contributed by atoms with E-state index >= 15 is 0 Å². The number of rotatable bonds is 10. The van der Waals surface area contributed by atoms with E-state index in [9.17, 15) is 45.2 Å². The summed E-state index contributed by atoms with van der Waals surface area (Å²) < 4.78 is 99.0. The van der Waals surface area contributed by atoms with Crippen LogP contribution in [0.25, 0.3) is 10.9 Å². The smallest absolute Gasteiger partial charge is 0.427 e. The second-order valence-electron chi connectivity index (χ2n) is 18.3. The number of alkyl carbamates (subject to hydrolysis) is 1. The number of nitrogens with zero attached hydrogens (tertiary/aromatic N) is 4. The van der Waals surface area contributed by atoms with Gasteiger partial charge in [0.15, 0.2) is 0 Å². The summed E-state index contributed by atoms with van der Waals surface area (Å²) in [7, 11) is -2.96. The minimum absolute atomic E-state index is 0.00702. The average Bonchev–Trinajstić information content (AvgIpc) is 4.03. The van der Waals surface area contributed by atoms with Crippen LogP contribution in [0.1, 0.15) is 85.5 Å². The molecule has 2 saturated heterocycles. The fourth-order valence-corrected chi connectivity index (χ4v) is 10.1. The Kier molecular flexibility index (Phi) is 12.6. The second kappa shape index (κ2) is 17.2. The first-order valence-electron chi connectivity index (χ1n) is 21.4. The first-order chi connectivity index (χ1) is 29.6. The Morgan fingerprint density at radius 3 is 2.43 bits per heavy atom. The number of hydrogen-bond acceptors (Lipinski definition) is 12. The van der Waals surface area contributed by atoms with Crippen molar-refractivity contribution in [1.82, 2.24) is 30.2 Å². The highest BCUT2D eigenvalue weighted by atomic mass is 32.2. The van der Waals surface area contributed by atoms with E-state index in [2.05, 4.69) is 10.6 Å². The van der Waals surface area contributed by atoms with Crippen molar-refractivity contribution < 1.29 is 59.4 Å². The molecule has 2 saturated carbocycles. The zero-order valence-electron chi connectivity index (χ0n) is 35.9. The van der Waals surface area contributed by atoms with E-state index in [0.717, 1.165) is 17.7 Å². The summed E-state index contributed by atoms with van der Waals surface area (Å²) in [6.07, 6.45) is -0.717. The molecule has 3 N–H and O–H groups in total. The Morgan fingerprint density at radius 1 is 1.06 bits per heavy atom. The molecule has 1 aromatic carbocycles. The Labute approximate surface area is 363 Å². The molecule has 0 spiro atoms. The molecule has 63 heavy (non-hydrogen) atoms. The predicted molar refractivity (Wildman–Crippen MR) is 221 cm³/mol. The maximum Gasteiger partial charge on any atom is 0.427 e. The second-order valence-corrected chi connectivity index (χ2v) is 20.3. The quantitative estimate of drug-likeness (QED) is 0.217. The topological polar surface area (TPSA) is 198 Å². The van der Waals surface area contributed by atoms with E-state index in [0.29, 0.717) is 68.8 Å². The van der Waals surface area contributed by atoms with E-state index in [4.69, 9.17) is 24.2 Å². The van der Waals surface area contributed by atoms with Crippen LogP contribution in [-0.4, -0.2) is 121 Å². The third-order valence-corrected chi connectivity index (χ3v) is 15.2. The van der Waals surface area contributed by atoms with Crippen molar-refractivity contribution in [3.63, 3.8) is 0 Å². The molecule has 4 amide bonds. The molecule has 0 unspecified atom stereocenters. The van der Waals surface area contributed by atoms with Gasteiger partial charge in [-0.15, -0.1) is 0 Å². The summed E-state index contributed by atoms with van der Waals surface area (Å²) in [4.78, 5) is 69.5. The predicted octanol–water partition coefficient (Wildman–Crippen LogP) is 4.86. The van der Waals surface area contributed by atoms with Gasteiger partial charge in [-0.3, -0.25) is 19.1 Å². The van der Waals surface area contributed by atoms with Crippen LogP contribution < -0.4 is 29.7 Å². The van der Waals surface area contributed by atoms with E-state index in [-0.39, 0.29) is 44.0 Å². The van der Waals surface area contributed by atoms with E-state index < -0.39 is 92.6 Å². The molecule has 0 radical (unpaired) electrons. The lowest BCUT2D eigenvalue weighted by molar-refractivity contribution is -0.244. The molecule has 0 bridgehead atoms. The Bertz CT molecular complexity index is 2250. The highest BCUT2D eigenvalue weighted by Crippen LogP contribution is 2.48. The molecule has 2 aliphatic carbocycles. The number of allylic oxidation sites excluding steroid dienone is 1. The zero-order valence-corrected chi connectivity index (χ0v) is 36.7. The molecular weight excluding hydrogens is 855 g/mol. The maximum absolute atomic E-state index is 14.9. The van der Waals surface area contributed by atoms with Crippen molar-refractivity contribution in [2.24, 2.45) is 17.8 Å². The third-order valence-electron chi connectivity index (χ3n) is 13.1. The van der Waals surface area contributed by atoms with Crippen LogP contribution in [0.3, 0.4) is 0 Å². The lowest BCUT2D eigenvalue weighted by Gasteiger charge is -2.34. The van der Waals surface area contributed by atoms with Gasteiger partial charge in [-0.1, -0.05) is 26.0 Å². The van der Waals surface area contributed by atoms with E-state index in [1.165, 1.54) is 7.11 Å². The van der Waals surface area contributed by atoms with E-state index in [1.54, 1.807) is 31.2 Å². The number of sulfonamides is 1. The molecule has 3 aliphatic heterocycles. The summed E-state index contributed by atoms with van der Waals surface area (Å²) in [5.41, 5.74) is -4.19. The van der Waals surface area contributed by atoms with Crippen LogP contribution in [0.15, 0.2) is 30.4 Å². The van der Waals surface area contributed by atoms with Crippen molar-refractivity contribution in [1.29, 1.82) is 0 Å². The van der Waals surface area contributed by atoms with Gasteiger partial charge in [0.25, 0.3) is 5.91 Å². The van der Waals surface area contributed by atoms with Gasteiger partial charge in [0.05, 0.1) is 24.6 Å². The molecule has 2 aromatic rings.